The molecule has 2 aliphatic heterocycles. The van der Waals surface area contributed by atoms with Crippen LogP contribution in [0.15, 0.2) is 218 Å². The number of aliphatic hydroxyl groups excluding tert-OH is 1. The predicted molar refractivity (Wildman–Crippen MR) is 429 cm³/mol. The molecule has 1 fully saturated rings. The Morgan fingerprint density at radius 3 is 1.22 bits per heavy atom. The van der Waals surface area contributed by atoms with Gasteiger partial charge in [0.05, 0.1) is 60.9 Å². The van der Waals surface area contributed by atoms with E-state index in [2.05, 4.69) is 31.5 Å². The number of rotatable bonds is 32. The van der Waals surface area contributed by atoms with Gasteiger partial charge < -0.3 is 69.0 Å². The molecule has 6 N–H and O–H groups in total. The normalized spacial score (nSPS) is 14.9. The van der Waals surface area contributed by atoms with Crippen LogP contribution in [0.1, 0.15) is 97.0 Å². The van der Waals surface area contributed by atoms with E-state index in [1.165, 1.54) is 16.7 Å². The van der Waals surface area contributed by atoms with Crippen LogP contribution in [0, 0.1) is 0 Å². The summed E-state index contributed by atoms with van der Waals surface area (Å²) in [4.78, 5) is 80.0. The number of methoxy groups -OCH3 is 1. The van der Waals surface area contributed by atoms with Crippen molar-refractivity contribution in [2.75, 3.05) is 124 Å². The number of amides is 5. The van der Waals surface area contributed by atoms with E-state index in [0.29, 0.717) is 74.9 Å². The number of nitrogens with zero attached hydrogens (tertiary/aromatic N) is 3. The minimum atomic E-state index is -1.34. The van der Waals surface area contributed by atoms with Gasteiger partial charge in [-0.05, 0) is 63.7 Å². The number of thioether (sulfide) groups is 1. The molecule has 0 aliphatic carbocycles. The fourth-order valence-electron chi connectivity index (χ4n) is 12.3. The third-order valence-electron chi connectivity index (χ3n) is 18.2. The van der Waals surface area contributed by atoms with E-state index in [1.54, 1.807) is 43.5 Å². The highest BCUT2D eigenvalue weighted by Gasteiger charge is 2.33. The fraction of sp³-hybridized carbons (Fsp3) is 0.302. The lowest BCUT2D eigenvalue weighted by Gasteiger charge is -2.26. The summed E-state index contributed by atoms with van der Waals surface area (Å²) < 4.78 is 57.0. The number of hydrogen-bond donors (Lipinski definition) is 6. The van der Waals surface area contributed by atoms with E-state index in [1.807, 2.05) is 187 Å². The van der Waals surface area contributed by atoms with Gasteiger partial charge in [0.2, 0.25) is 0 Å². The van der Waals surface area contributed by atoms with Gasteiger partial charge in [0.15, 0.2) is 34.5 Å². The number of thiocarbonyl (C=S) groups is 1. The van der Waals surface area contributed by atoms with Crippen LogP contribution in [0.2, 0.25) is 0 Å². The van der Waals surface area contributed by atoms with E-state index in [4.69, 9.17) is 54.8 Å². The van der Waals surface area contributed by atoms with Crippen LogP contribution in [-0.2, 0) is 53.9 Å². The molecule has 0 saturated carbocycles. The van der Waals surface area contributed by atoms with E-state index in [9.17, 15) is 19.5 Å². The lowest BCUT2D eigenvalue weighted by molar-refractivity contribution is 0.0193. The van der Waals surface area contributed by atoms with Crippen molar-refractivity contribution >= 4 is 57.8 Å². The zero-order chi connectivity index (χ0) is 77.2. The zero-order valence-electron chi connectivity index (χ0n) is 62.2. The van der Waals surface area contributed by atoms with Gasteiger partial charge in [0.1, 0.15) is 50.2 Å². The number of aliphatic hydroxyl groups is 1. The van der Waals surface area contributed by atoms with Gasteiger partial charge in [0, 0.05) is 97.0 Å². The van der Waals surface area contributed by atoms with E-state index in [-0.39, 0.29) is 154 Å². The number of ether oxygens (including phenoxy) is 9. The van der Waals surface area contributed by atoms with Crippen molar-refractivity contribution in [3.8, 4) is 34.5 Å². The summed E-state index contributed by atoms with van der Waals surface area (Å²) in [6.45, 7) is 4.75. The molecule has 580 valence electrons. The first-order chi connectivity index (χ1) is 54.5. The largest absolute Gasteiger partial charge is 0.485 e. The monoisotopic (exact) mass is 1540 g/mol. The van der Waals surface area contributed by atoms with Crippen molar-refractivity contribution in [2.45, 2.75) is 45.9 Å². The molecule has 1 atom stereocenters. The van der Waals surface area contributed by atoms with Crippen LogP contribution in [0.3, 0.4) is 0 Å². The minimum absolute atomic E-state index is 0.0161. The zero-order valence-corrected chi connectivity index (χ0v) is 63.8. The van der Waals surface area contributed by atoms with Crippen molar-refractivity contribution in [3.63, 3.8) is 0 Å². The maximum Gasteiger partial charge on any atom is 0.263 e. The molecular formula is C86H94N8O15S2. The molecule has 1 saturated heterocycles. The summed E-state index contributed by atoms with van der Waals surface area (Å²) in [5.74, 6) is -1.35. The van der Waals surface area contributed by atoms with E-state index >= 15 is 9.59 Å². The lowest BCUT2D eigenvalue weighted by atomic mass is 10.1. The van der Waals surface area contributed by atoms with E-state index in [0.717, 1.165) is 33.4 Å². The number of benzene rings is 9. The number of hydrogen-bond acceptors (Lipinski definition) is 20. The second kappa shape index (κ2) is 43.6. The maximum absolute atomic E-state index is 15.1. The maximum atomic E-state index is 15.1. The first-order valence-corrected chi connectivity index (χ1v) is 38.5. The Morgan fingerprint density at radius 1 is 0.432 bits per heavy atom. The summed E-state index contributed by atoms with van der Waals surface area (Å²) >= 11 is 7.04. The minimum Gasteiger partial charge on any atom is -0.485 e. The molecular weight excluding hydrogens is 1450 g/mol. The Labute approximate surface area is 657 Å². The summed E-state index contributed by atoms with van der Waals surface area (Å²) in [5.41, 5.74) is 5.79. The van der Waals surface area contributed by atoms with Crippen molar-refractivity contribution in [2.24, 2.45) is 0 Å². The van der Waals surface area contributed by atoms with Gasteiger partial charge >= 0.3 is 0 Å². The smallest absolute Gasteiger partial charge is 0.263 e. The number of carbonyl (C=O) groups excluding carboxylic acids is 5. The van der Waals surface area contributed by atoms with Gasteiger partial charge in [-0.2, -0.15) is 0 Å². The Kier molecular flexibility index (Phi) is 31.9. The van der Waals surface area contributed by atoms with Crippen molar-refractivity contribution in [1.82, 2.24) is 41.3 Å². The van der Waals surface area contributed by atoms with Gasteiger partial charge in [-0.15, -0.1) is 0 Å². The quantitative estimate of drug-likeness (QED) is 0.0169. The van der Waals surface area contributed by atoms with Crippen LogP contribution in [0.25, 0.3) is 0 Å². The van der Waals surface area contributed by atoms with Crippen LogP contribution in [0.5, 0.6) is 34.5 Å². The van der Waals surface area contributed by atoms with Crippen LogP contribution in [0.4, 0.5) is 0 Å². The van der Waals surface area contributed by atoms with Gasteiger partial charge in [-0.3, -0.25) is 44.0 Å². The number of carbonyl (C=O) groups is 5. The van der Waals surface area contributed by atoms with Crippen LogP contribution < -0.4 is 55.0 Å². The first kappa shape index (κ1) is 81.3. The molecule has 1 unspecified atom stereocenters. The molecule has 11 rings (SSSR count). The molecule has 25 heteroatoms. The van der Waals surface area contributed by atoms with Crippen molar-refractivity contribution < 1.29 is 71.7 Å². The average molecular weight is 1540 g/mol. The Hall–Kier alpha value is -10.7. The Balaban J connectivity index is 0.923. The third-order valence-corrected chi connectivity index (χ3v) is 19.6. The second-order valence-electron chi connectivity index (χ2n) is 26.0. The number of nitrogens with one attached hydrogen (secondary N) is 5. The van der Waals surface area contributed by atoms with Crippen LogP contribution in [-0.4, -0.2) is 178 Å². The molecule has 9 aromatic carbocycles. The molecule has 9 aromatic rings. The molecule has 111 heavy (non-hydrogen) atoms. The summed E-state index contributed by atoms with van der Waals surface area (Å²) in [6.07, 6.45) is -1.34. The summed E-state index contributed by atoms with van der Waals surface area (Å²) in [7, 11) is 1.61. The molecule has 2 heterocycles. The Morgan fingerprint density at radius 2 is 0.793 bits per heavy atom. The lowest BCUT2D eigenvalue weighted by Crippen LogP contribution is -2.43. The van der Waals surface area contributed by atoms with Crippen LogP contribution >= 0.6 is 24.0 Å². The van der Waals surface area contributed by atoms with Gasteiger partial charge in [-0.25, -0.2) is 0 Å². The van der Waals surface area contributed by atoms with Gasteiger partial charge in [0.25, 0.3) is 29.5 Å². The average Bonchev–Trinajstić information content (AvgIpc) is 1.42. The first-order valence-electron chi connectivity index (χ1n) is 37.1. The molecule has 0 spiro atoms. The van der Waals surface area contributed by atoms with Gasteiger partial charge in [-0.1, -0.05) is 212 Å². The van der Waals surface area contributed by atoms with E-state index < -0.39 is 35.8 Å². The highest BCUT2D eigenvalue weighted by Crippen LogP contribution is 2.42. The molecule has 5 amide bonds. The molecule has 23 nitrogen and oxygen atoms in total. The third kappa shape index (κ3) is 24.4. The number of fused-ring (bicyclic) bond motifs is 6. The SMILES string of the molecule is COCCOCCOCCN1CCNC(=O)c2ccc(c(OCc3ccccc3)c2OCc2ccccc2)C(=O)NCCN(CCNC(=O)c2ccc(C(=O)N3CCSC3=S)c(OCc3ccccc3)c2OCc2ccccc2)CCNC(=O)c2ccc(c(OCc3ccccc3)c2OCc2ccccc2)C(O)NCC1. The Bertz CT molecular complexity index is 4470. The molecule has 2 aliphatic rings. The summed E-state index contributed by atoms with van der Waals surface area (Å²) in [5, 5.41) is 28.0. The van der Waals surface area contributed by atoms with Crippen molar-refractivity contribution in [1.29, 1.82) is 0 Å². The highest BCUT2D eigenvalue weighted by molar-refractivity contribution is 8.23. The predicted octanol–water partition coefficient (Wildman–Crippen LogP) is 10.8. The molecule has 0 radical (unpaired) electrons. The highest BCUT2D eigenvalue weighted by atomic mass is 32.2. The molecule has 0 aromatic heterocycles. The fourth-order valence-corrected chi connectivity index (χ4v) is 13.5. The summed E-state index contributed by atoms with van der Waals surface area (Å²) in [6, 6.07) is 66.3. The topological polar surface area (TPSA) is 259 Å². The molecule has 4 bridgehead atoms. The van der Waals surface area contributed by atoms with Crippen molar-refractivity contribution in [3.05, 3.63) is 285 Å². The standard InChI is InChI=1S/C86H94N8O15S2/c1-101-51-52-103-54-53-102-50-48-93-46-41-90-82(97)70-34-32-68(74(104-56-62-20-8-2-9-21-62)76(70)106-58-64-24-12-4-13-25-64)80(95)87-38-43-92(44-39-88-81(96)69-33-35-71(83(98)91-42-47-93)77(107-59-65-26-14-5-15-27-65)75(69)105-57-63-22-10-3-11-23-63)45-40-89-84(99)72-36-37-73(85(100)94-49-55-111-86(94)110)79(109-61-67-30-18-7-19-31-67)78(72)108-60-66-28-16-6-17-29-66/h2-37,82,90,97H,38-61H2,1H3,(H,87,95)(H,88,96)(H,89,99)(H,91,98). The second-order valence-corrected chi connectivity index (χ2v) is 27.7.